The van der Waals surface area contributed by atoms with E-state index in [1.807, 2.05) is 24.3 Å². The van der Waals surface area contributed by atoms with Crippen molar-refractivity contribution in [2.45, 2.75) is 0 Å². The predicted octanol–water partition coefficient (Wildman–Crippen LogP) is 9.71. The van der Waals surface area contributed by atoms with Crippen LogP contribution in [0.5, 0.6) is 0 Å². The SMILES string of the molecule is N#Cc1ccc2c(c1)-c1cc(C#N)ccc1[Si]21c2ccc(N(c3ccccc3)c3ccccc3)cc2-c2cc(N(c3ccccc3)c3ccccc3)ccc21. The van der Waals surface area contributed by atoms with Gasteiger partial charge in [-0.1, -0.05) is 97.1 Å². The summed E-state index contributed by atoms with van der Waals surface area (Å²) in [6.07, 6.45) is 0. The molecule has 0 aromatic heterocycles. The van der Waals surface area contributed by atoms with Crippen molar-refractivity contribution in [3.63, 3.8) is 0 Å². The Morgan fingerprint density at radius 3 is 0.909 bits per heavy atom. The molecule has 2 aliphatic rings. The van der Waals surface area contributed by atoms with E-state index in [1.54, 1.807) is 0 Å². The minimum absolute atomic E-state index is 0.616. The first-order valence-electron chi connectivity index (χ1n) is 18.4. The van der Waals surface area contributed by atoms with E-state index < -0.39 is 8.07 Å². The van der Waals surface area contributed by atoms with Gasteiger partial charge in [0.05, 0.1) is 23.3 Å². The molecule has 8 aromatic rings. The first kappa shape index (κ1) is 32.2. The summed E-state index contributed by atoms with van der Waals surface area (Å²) in [5.74, 6) is 0. The second-order valence-electron chi connectivity index (χ2n) is 14.0. The molecule has 2 heterocycles. The van der Waals surface area contributed by atoms with Crippen LogP contribution in [0.1, 0.15) is 11.1 Å². The summed E-state index contributed by atoms with van der Waals surface area (Å²) in [6.45, 7) is 0. The summed E-state index contributed by atoms with van der Waals surface area (Å²) in [7, 11) is -2.91. The molecule has 0 bridgehead atoms. The fraction of sp³-hybridized carbons (Fsp3) is 0. The lowest BCUT2D eigenvalue weighted by molar-refractivity contribution is 1.28. The average Bonchev–Trinajstić information content (AvgIpc) is 3.71. The maximum Gasteiger partial charge on any atom is 0.182 e. The van der Waals surface area contributed by atoms with Crippen molar-refractivity contribution in [3.05, 3.63) is 205 Å². The molecule has 0 N–H and O–H groups in total. The number of nitrogens with zero attached hydrogens (tertiary/aromatic N) is 4. The van der Waals surface area contributed by atoms with Crippen molar-refractivity contribution < 1.29 is 0 Å². The molecule has 4 nitrogen and oxygen atoms in total. The first-order chi connectivity index (χ1) is 27.2. The van der Waals surface area contributed by atoms with Gasteiger partial charge in [0, 0.05) is 34.1 Å². The smallest absolute Gasteiger partial charge is 0.182 e. The lowest BCUT2D eigenvalue weighted by atomic mass is 10.0. The third-order valence-electron chi connectivity index (χ3n) is 11.1. The number of rotatable bonds is 6. The summed E-state index contributed by atoms with van der Waals surface area (Å²) < 4.78 is 0. The lowest BCUT2D eigenvalue weighted by Crippen LogP contribution is -2.70. The molecule has 1 spiro atoms. The highest BCUT2D eigenvalue weighted by atomic mass is 28.3. The summed E-state index contributed by atoms with van der Waals surface area (Å²) in [4.78, 5) is 4.65. The number of hydrogen-bond donors (Lipinski definition) is 0. The molecule has 0 saturated carbocycles. The summed E-state index contributed by atoms with van der Waals surface area (Å²) in [6, 6.07) is 73.2. The molecule has 256 valence electrons. The third-order valence-corrected chi connectivity index (χ3v) is 16.1. The van der Waals surface area contributed by atoms with Gasteiger partial charge < -0.3 is 9.80 Å². The summed E-state index contributed by atoms with van der Waals surface area (Å²) in [5, 5.41) is 25.2. The van der Waals surface area contributed by atoms with Gasteiger partial charge in [0.15, 0.2) is 8.07 Å². The highest BCUT2D eigenvalue weighted by molar-refractivity contribution is 7.24. The Labute approximate surface area is 321 Å². The van der Waals surface area contributed by atoms with Gasteiger partial charge in [0.2, 0.25) is 0 Å². The van der Waals surface area contributed by atoms with Crippen molar-refractivity contribution in [1.82, 2.24) is 0 Å². The zero-order valence-electron chi connectivity index (χ0n) is 29.8. The number of anilines is 6. The van der Waals surface area contributed by atoms with Crippen molar-refractivity contribution in [2.24, 2.45) is 0 Å². The van der Waals surface area contributed by atoms with E-state index in [0.717, 1.165) is 45.3 Å². The van der Waals surface area contributed by atoms with Crippen molar-refractivity contribution in [2.75, 3.05) is 9.80 Å². The van der Waals surface area contributed by atoms with Crippen molar-refractivity contribution in [3.8, 4) is 34.4 Å². The Morgan fingerprint density at radius 2 is 0.600 bits per heavy atom. The average molecular weight is 717 g/mol. The van der Waals surface area contributed by atoms with Crippen LogP contribution in [0.3, 0.4) is 0 Å². The Balaban J connectivity index is 1.28. The van der Waals surface area contributed by atoms with Gasteiger partial charge in [-0.2, -0.15) is 10.5 Å². The first-order valence-corrected chi connectivity index (χ1v) is 20.4. The number of hydrogen-bond acceptors (Lipinski definition) is 4. The summed E-state index contributed by atoms with van der Waals surface area (Å²) >= 11 is 0. The van der Waals surface area contributed by atoms with Crippen LogP contribution in [0.4, 0.5) is 34.1 Å². The predicted molar refractivity (Wildman–Crippen MR) is 227 cm³/mol. The van der Waals surface area contributed by atoms with E-state index in [4.69, 9.17) is 0 Å². The third kappa shape index (κ3) is 4.96. The topological polar surface area (TPSA) is 54.1 Å². The zero-order valence-corrected chi connectivity index (χ0v) is 30.8. The van der Waals surface area contributed by atoms with Crippen LogP contribution in [0.15, 0.2) is 194 Å². The molecule has 0 radical (unpaired) electrons. The monoisotopic (exact) mass is 716 g/mol. The molecule has 0 fully saturated rings. The van der Waals surface area contributed by atoms with Crippen molar-refractivity contribution >= 4 is 62.9 Å². The Kier molecular flexibility index (Phi) is 7.56. The fourth-order valence-electron chi connectivity index (χ4n) is 8.84. The van der Waals surface area contributed by atoms with E-state index in [-0.39, 0.29) is 0 Å². The van der Waals surface area contributed by atoms with Gasteiger partial charge in [-0.15, -0.1) is 0 Å². The van der Waals surface area contributed by atoms with Crippen molar-refractivity contribution in [1.29, 1.82) is 10.5 Å². The second-order valence-corrected chi connectivity index (χ2v) is 17.6. The van der Waals surface area contributed by atoms with Gasteiger partial charge in [0.1, 0.15) is 0 Å². The highest BCUT2D eigenvalue weighted by Gasteiger charge is 2.54. The van der Waals surface area contributed by atoms with Crippen LogP contribution in [0, 0.1) is 22.7 Å². The van der Waals surface area contributed by atoms with Gasteiger partial charge in [-0.25, -0.2) is 0 Å². The van der Waals surface area contributed by atoms with E-state index in [9.17, 15) is 10.5 Å². The fourth-order valence-corrected chi connectivity index (χ4v) is 14.4. The number of fused-ring (bicyclic) bond motifs is 10. The van der Waals surface area contributed by atoms with Crippen LogP contribution < -0.4 is 30.5 Å². The molecule has 10 rings (SSSR count). The minimum atomic E-state index is -2.91. The highest BCUT2D eigenvalue weighted by Crippen LogP contribution is 2.43. The molecule has 0 atom stereocenters. The van der Waals surface area contributed by atoms with Crippen LogP contribution >= 0.6 is 0 Å². The maximum absolute atomic E-state index is 10.0. The van der Waals surface area contributed by atoms with Crippen LogP contribution in [-0.4, -0.2) is 8.07 Å². The number of para-hydroxylation sites is 4. The Morgan fingerprint density at radius 1 is 0.309 bits per heavy atom. The van der Waals surface area contributed by atoms with Gasteiger partial charge in [-0.3, -0.25) is 0 Å². The lowest BCUT2D eigenvalue weighted by Gasteiger charge is -2.29. The Bertz CT molecular complexity index is 2570. The molecular formula is C50H32N4Si. The largest absolute Gasteiger partial charge is 0.310 e. The van der Waals surface area contributed by atoms with E-state index in [2.05, 4.69) is 192 Å². The van der Waals surface area contributed by atoms with Crippen LogP contribution in [-0.2, 0) is 0 Å². The molecule has 55 heavy (non-hydrogen) atoms. The molecule has 8 aromatic carbocycles. The van der Waals surface area contributed by atoms with Crippen LogP contribution in [0.2, 0.25) is 0 Å². The number of nitriles is 2. The van der Waals surface area contributed by atoms with Gasteiger partial charge in [0.25, 0.3) is 0 Å². The van der Waals surface area contributed by atoms with E-state index in [1.165, 1.54) is 31.9 Å². The summed E-state index contributed by atoms with van der Waals surface area (Å²) in [5.41, 5.74) is 12.2. The Hall–Kier alpha value is -7.44. The zero-order chi connectivity index (χ0) is 36.9. The minimum Gasteiger partial charge on any atom is -0.310 e. The van der Waals surface area contributed by atoms with Crippen LogP contribution in [0.25, 0.3) is 22.3 Å². The van der Waals surface area contributed by atoms with E-state index >= 15 is 0 Å². The molecule has 0 unspecified atom stereocenters. The molecule has 2 aliphatic heterocycles. The normalized spacial score (nSPS) is 12.5. The van der Waals surface area contributed by atoms with Gasteiger partial charge >= 0.3 is 0 Å². The second kappa shape index (κ2) is 12.9. The molecule has 0 saturated heterocycles. The molecular weight excluding hydrogens is 685 g/mol. The molecule has 0 aliphatic carbocycles. The standard InChI is InChI=1S/C50H32N4Si/c51-33-35-21-25-47-43(29-35)44-30-36(34-52)22-26-48(44)55(47)49-27-23-41(53(37-13-5-1-6-14-37)38-15-7-2-8-16-38)31-45(49)46-32-42(24-28-50(46)55)54(39-17-9-3-10-18-39)40-19-11-4-12-20-40/h1-32H. The van der Waals surface area contributed by atoms with Gasteiger partial charge in [-0.05, 0) is 140 Å². The number of benzene rings is 8. The molecule has 0 amide bonds. The van der Waals surface area contributed by atoms with E-state index in [0.29, 0.717) is 11.1 Å². The quantitative estimate of drug-likeness (QED) is 0.161. The molecule has 5 heteroatoms. The maximum atomic E-state index is 10.0.